The van der Waals surface area contributed by atoms with Crippen molar-refractivity contribution in [2.45, 2.75) is 23.2 Å². The summed E-state index contributed by atoms with van der Waals surface area (Å²) in [6.45, 7) is 3.47. The summed E-state index contributed by atoms with van der Waals surface area (Å²) in [6, 6.07) is 8.01. The maximum absolute atomic E-state index is 9.56. The van der Waals surface area contributed by atoms with Crippen LogP contribution in [0.4, 0.5) is 0 Å². The molecule has 0 bridgehead atoms. The Hall–Kier alpha value is -0.510. The van der Waals surface area contributed by atoms with Crippen LogP contribution in [0.25, 0.3) is 0 Å². The molecule has 3 heteroatoms. The van der Waals surface area contributed by atoms with E-state index in [0.717, 1.165) is 18.8 Å². The summed E-state index contributed by atoms with van der Waals surface area (Å²) >= 11 is 1.80. The van der Waals surface area contributed by atoms with E-state index in [1.54, 1.807) is 18.7 Å². The topological polar surface area (TPSA) is 29.5 Å². The van der Waals surface area contributed by atoms with Crippen LogP contribution in [0, 0.1) is 0 Å². The Labute approximate surface area is 88.3 Å². The van der Waals surface area contributed by atoms with Crippen LogP contribution in [-0.4, -0.2) is 23.6 Å². The van der Waals surface area contributed by atoms with E-state index < -0.39 is 0 Å². The average Bonchev–Trinajstić information content (AvgIpc) is 2.12. The predicted molar refractivity (Wildman–Crippen MR) is 57.5 cm³/mol. The molecular weight excluding hydrogens is 196 g/mol. The molecule has 0 amide bonds. The summed E-state index contributed by atoms with van der Waals surface area (Å²) in [5.41, 5.74) is 1.02. The molecule has 2 rings (SSSR count). The number of benzene rings is 1. The molecule has 0 saturated carbocycles. The molecule has 1 heterocycles. The summed E-state index contributed by atoms with van der Waals surface area (Å²) in [4.78, 5) is 1.18. The summed E-state index contributed by atoms with van der Waals surface area (Å²) in [5, 5.41) is 10.1. The molecule has 1 aromatic carbocycles. The van der Waals surface area contributed by atoms with Gasteiger partial charge in [-0.3, -0.25) is 0 Å². The van der Waals surface area contributed by atoms with Gasteiger partial charge in [-0.25, -0.2) is 0 Å². The number of rotatable bonds is 3. The zero-order chi connectivity index (χ0) is 9.97. The van der Waals surface area contributed by atoms with Crippen molar-refractivity contribution in [3.63, 3.8) is 0 Å². The first kappa shape index (κ1) is 10.0. The lowest BCUT2D eigenvalue weighted by molar-refractivity contribution is 0.0455. The highest BCUT2D eigenvalue weighted by Gasteiger charge is 2.21. The van der Waals surface area contributed by atoms with E-state index in [1.807, 2.05) is 18.2 Å². The molecule has 0 radical (unpaired) electrons. The minimum Gasteiger partial charge on any atom is -0.389 e. The summed E-state index contributed by atoms with van der Waals surface area (Å²) in [5.74, 6) is 0. The average molecular weight is 210 g/mol. The molecule has 0 aromatic heterocycles. The molecule has 1 fully saturated rings. The fourth-order valence-electron chi connectivity index (χ4n) is 1.39. The number of hydrogen-bond donors (Lipinski definition) is 1. The van der Waals surface area contributed by atoms with Crippen LogP contribution in [0.2, 0.25) is 0 Å². The van der Waals surface area contributed by atoms with Gasteiger partial charge >= 0.3 is 0 Å². The molecule has 76 valence electrons. The normalized spacial score (nSPS) is 19.0. The molecule has 14 heavy (non-hydrogen) atoms. The molecule has 1 aromatic rings. The molecule has 0 unspecified atom stereocenters. The van der Waals surface area contributed by atoms with Gasteiger partial charge < -0.3 is 9.84 Å². The minimum absolute atomic E-state index is 0.389. The Bertz CT molecular complexity index is 308. The lowest BCUT2D eigenvalue weighted by atomic mass is 10.1. The van der Waals surface area contributed by atoms with E-state index in [4.69, 9.17) is 4.74 Å². The van der Waals surface area contributed by atoms with E-state index >= 15 is 0 Å². The smallest absolute Gasteiger partial charge is 0.0772 e. The predicted octanol–water partition coefficient (Wildman–Crippen LogP) is 2.23. The van der Waals surface area contributed by atoms with Crippen molar-refractivity contribution in [1.82, 2.24) is 0 Å². The Balaban J connectivity index is 2.13. The molecule has 0 spiro atoms. The first-order valence-corrected chi connectivity index (χ1v) is 5.66. The fraction of sp³-hybridized carbons (Fsp3) is 0.455. The van der Waals surface area contributed by atoms with Crippen molar-refractivity contribution in [1.29, 1.82) is 0 Å². The standard InChI is InChI=1S/C11H14O2S/c1-8(12)10-4-2-3-5-11(10)14-9-6-13-7-9/h2-5,8-9,12H,6-7H2,1H3/t8-/m1/s1. The van der Waals surface area contributed by atoms with E-state index in [9.17, 15) is 5.11 Å². The second-order valence-corrected chi connectivity index (χ2v) is 4.83. The zero-order valence-corrected chi connectivity index (χ0v) is 8.96. The van der Waals surface area contributed by atoms with Crippen LogP contribution in [0.3, 0.4) is 0 Å². The number of aliphatic hydroxyl groups excluding tert-OH is 1. The molecule has 1 aliphatic heterocycles. The van der Waals surface area contributed by atoms with Gasteiger partial charge in [0.05, 0.1) is 24.6 Å². The van der Waals surface area contributed by atoms with Crippen LogP contribution < -0.4 is 0 Å². The van der Waals surface area contributed by atoms with Gasteiger partial charge in [0.2, 0.25) is 0 Å². The minimum atomic E-state index is -0.389. The van der Waals surface area contributed by atoms with Crippen LogP contribution in [0.5, 0.6) is 0 Å². The highest BCUT2D eigenvalue weighted by atomic mass is 32.2. The largest absolute Gasteiger partial charge is 0.389 e. The molecule has 1 aliphatic rings. The summed E-state index contributed by atoms with van der Waals surface area (Å²) in [7, 11) is 0. The number of ether oxygens (including phenoxy) is 1. The van der Waals surface area contributed by atoms with Gasteiger partial charge in [-0.1, -0.05) is 18.2 Å². The van der Waals surface area contributed by atoms with Gasteiger partial charge in [0.25, 0.3) is 0 Å². The third kappa shape index (κ3) is 2.11. The first-order valence-electron chi connectivity index (χ1n) is 4.79. The maximum Gasteiger partial charge on any atom is 0.0772 e. The van der Waals surface area contributed by atoms with Gasteiger partial charge in [0.1, 0.15) is 0 Å². The van der Waals surface area contributed by atoms with E-state index in [2.05, 4.69) is 6.07 Å². The second kappa shape index (κ2) is 4.34. The van der Waals surface area contributed by atoms with E-state index in [0.29, 0.717) is 5.25 Å². The molecule has 1 saturated heterocycles. The Morgan fingerprint density at radius 1 is 1.43 bits per heavy atom. The van der Waals surface area contributed by atoms with Gasteiger partial charge in [-0.05, 0) is 18.6 Å². The van der Waals surface area contributed by atoms with Crippen LogP contribution >= 0.6 is 11.8 Å². The van der Waals surface area contributed by atoms with Crippen molar-refractivity contribution < 1.29 is 9.84 Å². The van der Waals surface area contributed by atoms with Gasteiger partial charge in [0, 0.05) is 4.90 Å². The lowest BCUT2D eigenvalue weighted by Gasteiger charge is -2.26. The van der Waals surface area contributed by atoms with Crippen molar-refractivity contribution in [2.75, 3.05) is 13.2 Å². The highest BCUT2D eigenvalue weighted by Crippen LogP contribution is 2.33. The number of aliphatic hydroxyl groups is 1. The molecule has 1 N–H and O–H groups in total. The molecule has 0 aliphatic carbocycles. The zero-order valence-electron chi connectivity index (χ0n) is 8.14. The van der Waals surface area contributed by atoms with Crippen molar-refractivity contribution in [3.8, 4) is 0 Å². The maximum atomic E-state index is 9.56. The van der Waals surface area contributed by atoms with Crippen molar-refractivity contribution in [3.05, 3.63) is 29.8 Å². The SMILES string of the molecule is C[C@@H](O)c1ccccc1SC1COC1. The fourth-order valence-corrected chi connectivity index (χ4v) is 2.61. The number of hydrogen-bond acceptors (Lipinski definition) is 3. The van der Waals surface area contributed by atoms with Crippen LogP contribution in [0.1, 0.15) is 18.6 Å². The molecule has 1 atom stereocenters. The Morgan fingerprint density at radius 3 is 2.71 bits per heavy atom. The Morgan fingerprint density at radius 2 is 2.14 bits per heavy atom. The first-order chi connectivity index (χ1) is 6.77. The van der Waals surface area contributed by atoms with Gasteiger partial charge in [-0.2, -0.15) is 0 Å². The quantitative estimate of drug-likeness (QED) is 0.829. The highest BCUT2D eigenvalue weighted by molar-refractivity contribution is 8.00. The van der Waals surface area contributed by atoms with E-state index in [-0.39, 0.29) is 6.10 Å². The summed E-state index contributed by atoms with van der Waals surface area (Å²) < 4.78 is 5.12. The third-order valence-corrected chi connectivity index (χ3v) is 3.50. The van der Waals surface area contributed by atoms with E-state index in [1.165, 1.54) is 4.90 Å². The van der Waals surface area contributed by atoms with Crippen LogP contribution in [0.15, 0.2) is 29.2 Å². The second-order valence-electron chi connectivity index (χ2n) is 3.49. The monoisotopic (exact) mass is 210 g/mol. The van der Waals surface area contributed by atoms with Crippen molar-refractivity contribution >= 4 is 11.8 Å². The van der Waals surface area contributed by atoms with Gasteiger partial charge in [0.15, 0.2) is 0 Å². The van der Waals surface area contributed by atoms with Crippen LogP contribution in [-0.2, 0) is 4.74 Å². The lowest BCUT2D eigenvalue weighted by Crippen LogP contribution is -2.30. The number of thioether (sulfide) groups is 1. The third-order valence-electron chi connectivity index (χ3n) is 2.27. The van der Waals surface area contributed by atoms with Crippen molar-refractivity contribution in [2.24, 2.45) is 0 Å². The van der Waals surface area contributed by atoms with Gasteiger partial charge in [-0.15, -0.1) is 11.8 Å². The Kier molecular flexibility index (Phi) is 3.11. The molecular formula is C11H14O2S. The molecule has 2 nitrogen and oxygen atoms in total. The summed E-state index contributed by atoms with van der Waals surface area (Å²) in [6.07, 6.45) is -0.389.